The van der Waals surface area contributed by atoms with Gasteiger partial charge >= 0.3 is 0 Å². The minimum Gasteiger partial charge on any atom is -0.392 e. The van der Waals surface area contributed by atoms with Gasteiger partial charge in [-0.25, -0.2) is 4.98 Å². The van der Waals surface area contributed by atoms with Crippen molar-refractivity contribution in [3.63, 3.8) is 0 Å². The number of ether oxygens (including phenoxy) is 1. The summed E-state index contributed by atoms with van der Waals surface area (Å²) in [5.41, 5.74) is 5.69. The molecule has 1 aliphatic heterocycles. The molecule has 7 heteroatoms. The van der Waals surface area contributed by atoms with Crippen LogP contribution >= 0.6 is 0 Å². The molecule has 0 atom stereocenters. The third kappa shape index (κ3) is 3.49. The topological polar surface area (TPSA) is 94.2 Å². The summed E-state index contributed by atoms with van der Waals surface area (Å²) in [7, 11) is 0. The summed E-state index contributed by atoms with van der Waals surface area (Å²) in [6.07, 6.45) is 1.68. The molecule has 0 saturated carbocycles. The van der Waals surface area contributed by atoms with E-state index >= 15 is 0 Å². The summed E-state index contributed by atoms with van der Waals surface area (Å²) in [4.78, 5) is 25.6. The molecule has 3 heterocycles. The van der Waals surface area contributed by atoms with Gasteiger partial charge in [0.2, 0.25) is 0 Å². The molecule has 0 aliphatic carbocycles. The summed E-state index contributed by atoms with van der Waals surface area (Å²) in [5.74, 6) is 0.533. The molecule has 1 saturated heterocycles. The number of rotatable bonds is 4. The quantitative estimate of drug-likeness (QED) is 0.488. The smallest absolute Gasteiger partial charge is 0.259 e. The zero-order valence-corrected chi connectivity index (χ0v) is 16.4. The number of benzene rings is 2. The van der Waals surface area contributed by atoms with E-state index in [4.69, 9.17) is 4.74 Å². The SMILES string of the molecule is O=c1[nH]cc(-c2cccc(CO)c2)cc1-c1nc2ccc(N3CCOCC3)cc2[nH]1. The van der Waals surface area contributed by atoms with Crippen molar-refractivity contribution in [2.75, 3.05) is 31.2 Å². The number of aliphatic hydroxyl groups excluding tert-OH is 1. The standard InChI is InChI=1S/C23H22N4O3/c28-14-15-2-1-3-16(10-15)17-11-19(23(29)24-13-17)22-25-20-5-4-18(12-21(20)26-22)27-6-8-30-9-7-27/h1-5,10-13,28H,6-9,14H2,(H,24,29)(H,25,26). The van der Waals surface area contributed by atoms with Gasteiger partial charge in [-0.15, -0.1) is 0 Å². The highest BCUT2D eigenvalue weighted by atomic mass is 16.5. The number of aromatic amines is 2. The summed E-state index contributed by atoms with van der Waals surface area (Å²) >= 11 is 0. The van der Waals surface area contributed by atoms with E-state index in [0.29, 0.717) is 11.4 Å². The highest BCUT2D eigenvalue weighted by Gasteiger charge is 2.15. The van der Waals surface area contributed by atoms with Gasteiger partial charge in [0.05, 0.1) is 36.4 Å². The molecule has 2 aromatic heterocycles. The van der Waals surface area contributed by atoms with Crippen molar-refractivity contribution >= 4 is 16.7 Å². The number of hydrogen-bond donors (Lipinski definition) is 3. The number of hydrogen-bond acceptors (Lipinski definition) is 5. The molecule has 0 spiro atoms. The summed E-state index contributed by atoms with van der Waals surface area (Å²) < 4.78 is 5.43. The van der Waals surface area contributed by atoms with Crippen molar-refractivity contribution in [3.8, 4) is 22.5 Å². The number of pyridine rings is 1. The van der Waals surface area contributed by atoms with E-state index in [-0.39, 0.29) is 12.2 Å². The number of anilines is 1. The average Bonchev–Trinajstić information content (AvgIpc) is 3.23. The number of nitrogens with one attached hydrogen (secondary N) is 2. The molecular weight excluding hydrogens is 380 g/mol. The molecule has 30 heavy (non-hydrogen) atoms. The maximum absolute atomic E-state index is 12.5. The normalized spacial score (nSPS) is 14.4. The van der Waals surface area contributed by atoms with Gasteiger partial charge in [0.15, 0.2) is 0 Å². The fourth-order valence-corrected chi connectivity index (χ4v) is 3.82. The van der Waals surface area contributed by atoms with E-state index < -0.39 is 0 Å². The van der Waals surface area contributed by atoms with Crippen molar-refractivity contribution < 1.29 is 9.84 Å². The maximum Gasteiger partial charge on any atom is 0.259 e. The summed E-state index contributed by atoms with van der Waals surface area (Å²) in [6.45, 7) is 3.15. The van der Waals surface area contributed by atoms with Crippen LogP contribution in [0, 0.1) is 0 Å². The molecule has 2 aromatic carbocycles. The van der Waals surface area contributed by atoms with Crippen LogP contribution in [0.3, 0.4) is 0 Å². The zero-order chi connectivity index (χ0) is 20.5. The molecule has 0 unspecified atom stereocenters. The van der Waals surface area contributed by atoms with E-state index in [2.05, 4.69) is 32.0 Å². The first-order valence-electron chi connectivity index (χ1n) is 9.97. The number of morpholine rings is 1. The maximum atomic E-state index is 12.5. The molecule has 0 radical (unpaired) electrons. The summed E-state index contributed by atoms with van der Waals surface area (Å²) in [5, 5.41) is 9.40. The van der Waals surface area contributed by atoms with Gasteiger partial charge in [0, 0.05) is 25.0 Å². The highest BCUT2D eigenvalue weighted by molar-refractivity contribution is 5.83. The molecule has 5 rings (SSSR count). The number of aliphatic hydroxyl groups is 1. The van der Waals surface area contributed by atoms with E-state index in [1.165, 1.54) is 0 Å². The Morgan fingerprint density at radius 2 is 1.93 bits per heavy atom. The lowest BCUT2D eigenvalue weighted by Crippen LogP contribution is -2.36. The Hall–Kier alpha value is -3.42. The average molecular weight is 402 g/mol. The molecule has 7 nitrogen and oxygen atoms in total. The second-order valence-electron chi connectivity index (χ2n) is 7.38. The Bertz CT molecular complexity index is 1250. The fraction of sp³-hybridized carbons (Fsp3) is 0.217. The molecular formula is C23H22N4O3. The fourth-order valence-electron chi connectivity index (χ4n) is 3.82. The predicted molar refractivity (Wildman–Crippen MR) is 117 cm³/mol. The Balaban J connectivity index is 1.53. The van der Waals surface area contributed by atoms with Crippen LogP contribution in [0.2, 0.25) is 0 Å². The Labute approximate surface area is 173 Å². The first kappa shape index (κ1) is 18.6. The number of H-pyrrole nitrogens is 2. The van der Waals surface area contributed by atoms with E-state index in [0.717, 1.165) is 59.7 Å². The highest BCUT2D eigenvalue weighted by Crippen LogP contribution is 2.26. The monoisotopic (exact) mass is 402 g/mol. The molecule has 152 valence electrons. The van der Waals surface area contributed by atoms with Gasteiger partial charge in [0.1, 0.15) is 5.82 Å². The minimum atomic E-state index is -0.204. The summed E-state index contributed by atoms with van der Waals surface area (Å²) in [6, 6.07) is 15.5. The number of fused-ring (bicyclic) bond motifs is 1. The lowest BCUT2D eigenvalue weighted by atomic mass is 10.0. The predicted octanol–water partition coefficient (Wildman–Crippen LogP) is 2.91. The zero-order valence-electron chi connectivity index (χ0n) is 16.4. The molecule has 4 aromatic rings. The lowest BCUT2D eigenvalue weighted by molar-refractivity contribution is 0.122. The Morgan fingerprint density at radius 3 is 2.77 bits per heavy atom. The second kappa shape index (κ2) is 7.78. The van der Waals surface area contributed by atoms with Gasteiger partial charge < -0.3 is 24.7 Å². The van der Waals surface area contributed by atoms with E-state index in [1.54, 1.807) is 6.20 Å². The third-order valence-corrected chi connectivity index (χ3v) is 5.44. The van der Waals surface area contributed by atoms with Crippen LogP contribution in [-0.2, 0) is 11.3 Å². The first-order valence-corrected chi connectivity index (χ1v) is 9.97. The van der Waals surface area contributed by atoms with Crippen molar-refractivity contribution in [2.24, 2.45) is 0 Å². The lowest BCUT2D eigenvalue weighted by Gasteiger charge is -2.28. The molecule has 1 aliphatic rings. The van der Waals surface area contributed by atoms with Gasteiger partial charge in [-0.2, -0.15) is 0 Å². The van der Waals surface area contributed by atoms with Crippen LogP contribution in [0.4, 0.5) is 5.69 Å². The number of nitrogens with zero attached hydrogens (tertiary/aromatic N) is 2. The second-order valence-corrected chi connectivity index (χ2v) is 7.38. The Morgan fingerprint density at radius 1 is 1.07 bits per heavy atom. The van der Waals surface area contributed by atoms with Crippen LogP contribution in [0.25, 0.3) is 33.5 Å². The molecule has 0 amide bonds. The van der Waals surface area contributed by atoms with Gasteiger partial charge in [-0.05, 0) is 47.0 Å². The van der Waals surface area contributed by atoms with Crippen molar-refractivity contribution in [3.05, 3.63) is 70.6 Å². The first-order chi connectivity index (χ1) is 14.7. The minimum absolute atomic E-state index is 0.0287. The molecule has 1 fully saturated rings. The van der Waals surface area contributed by atoms with Gasteiger partial charge in [-0.1, -0.05) is 18.2 Å². The molecule has 3 N–H and O–H groups in total. The van der Waals surface area contributed by atoms with Crippen LogP contribution in [0.15, 0.2) is 59.5 Å². The number of imidazole rings is 1. The third-order valence-electron chi connectivity index (χ3n) is 5.44. The van der Waals surface area contributed by atoms with Crippen LogP contribution in [-0.4, -0.2) is 46.4 Å². The van der Waals surface area contributed by atoms with Crippen molar-refractivity contribution in [1.82, 2.24) is 15.0 Å². The number of aromatic nitrogens is 3. The van der Waals surface area contributed by atoms with Crippen LogP contribution < -0.4 is 10.5 Å². The van der Waals surface area contributed by atoms with Crippen molar-refractivity contribution in [2.45, 2.75) is 6.61 Å². The van der Waals surface area contributed by atoms with Crippen LogP contribution in [0.1, 0.15) is 5.56 Å². The van der Waals surface area contributed by atoms with Gasteiger partial charge in [0.25, 0.3) is 5.56 Å². The molecule has 0 bridgehead atoms. The van der Waals surface area contributed by atoms with Gasteiger partial charge in [-0.3, -0.25) is 4.79 Å². The van der Waals surface area contributed by atoms with E-state index in [1.807, 2.05) is 36.4 Å². The largest absolute Gasteiger partial charge is 0.392 e. The van der Waals surface area contributed by atoms with Crippen molar-refractivity contribution in [1.29, 1.82) is 0 Å². The van der Waals surface area contributed by atoms with Crippen LogP contribution in [0.5, 0.6) is 0 Å². The Kier molecular flexibility index (Phi) is 4.82. The van der Waals surface area contributed by atoms with E-state index in [9.17, 15) is 9.90 Å².